The molecular weight excluding hydrogens is 252 g/mol. The van der Waals surface area contributed by atoms with Gasteiger partial charge in [0.25, 0.3) is 5.91 Å². The van der Waals surface area contributed by atoms with Crippen LogP contribution in [0.3, 0.4) is 0 Å². The maximum atomic E-state index is 12.2. The van der Waals surface area contributed by atoms with E-state index in [2.05, 4.69) is 32.6 Å². The number of aromatic nitrogens is 3. The molecule has 104 valence electrons. The molecule has 0 saturated heterocycles. The first-order chi connectivity index (χ1) is 9.78. The van der Waals surface area contributed by atoms with E-state index in [0.29, 0.717) is 0 Å². The van der Waals surface area contributed by atoms with E-state index in [-0.39, 0.29) is 17.8 Å². The third-order valence-electron chi connectivity index (χ3n) is 3.74. The number of nitrogens with one attached hydrogen (secondary N) is 2. The Bertz CT molecular complexity index is 620. The molecule has 2 aromatic rings. The molecule has 0 fully saturated rings. The van der Waals surface area contributed by atoms with Gasteiger partial charge in [-0.1, -0.05) is 31.2 Å². The summed E-state index contributed by atoms with van der Waals surface area (Å²) in [4.78, 5) is 16.4. The molecule has 5 nitrogen and oxygen atoms in total. The third kappa shape index (κ3) is 2.43. The van der Waals surface area contributed by atoms with E-state index in [0.717, 1.165) is 31.5 Å². The lowest BCUT2D eigenvalue weighted by Crippen LogP contribution is -2.31. The van der Waals surface area contributed by atoms with Crippen LogP contribution in [0.2, 0.25) is 0 Å². The third-order valence-corrected chi connectivity index (χ3v) is 3.74. The molecule has 0 aliphatic heterocycles. The highest BCUT2D eigenvalue weighted by Gasteiger charge is 2.23. The number of aryl methyl sites for hydroxylation is 2. The number of nitrogens with zero attached hydrogens (tertiary/aromatic N) is 2. The van der Waals surface area contributed by atoms with Crippen molar-refractivity contribution in [2.24, 2.45) is 0 Å². The Hall–Kier alpha value is -2.17. The van der Waals surface area contributed by atoms with Gasteiger partial charge in [-0.25, -0.2) is 4.98 Å². The van der Waals surface area contributed by atoms with Crippen molar-refractivity contribution in [3.05, 3.63) is 47.0 Å². The molecule has 3 rings (SSSR count). The summed E-state index contributed by atoms with van der Waals surface area (Å²) in [6, 6.07) is 8.36. The summed E-state index contributed by atoms with van der Waals surface area (Å²) in [7, 11) is 0. The predicted octanol–water partition coefficient (Wildman–Crippen LogP) is 2.17. The first-order valence-electron chi connectivity index (χ1n) is 7.08. The summed E-state index contributed by atoms with van der Waals surface area (Å²) in [5, 5.41) is 9.78. The molecule has 0 saturated carbocycles. The Morgan fingerprint density at radius 2 is 2.30 bits per heavy atom. The second kappa shape index (κ2) is 5.45. The average molecular weight is 270 g/mol. The normalized spacial score (nSPS) is 17.6. The molecule has 1 aromatic carbocycles. The van der Waals surface area contributed by atoms with Crippen LogP contribution in [0, 0.1) is 0 Å². The zero-order valence-electron chi connectivity index (χ0n) is 11.5. The molecule has 0 radical (unpaired) electrons. The highest BCUT2D eigenvalue weighted by atomic mass is 16.2. The Balaban J connectivity index is 1.77. The summed E-state index contributed by atoms with van der Waals surface area (Å²) in [5.74, 6) is 0.756. The molecule has 2 N–H and O–H groups in total. The van der Waals surface area contributed by atoms with E-state index in [1.807, 2.05) is 19.1 Å². The summed E-state index contributed by atoms with van der Waals surface area (Å²) < 4.78 is 0. The maximum absolute atomic E-state index is 12.2. The van der Waals surface area contributed by atoms with Gasteiger partial charge in [-0.15, -0.1) is 5.10 Å². The van der Waals surface area contributed by atoms with Gasteiger partial charge in [0.2, 0.25) is 5.82 Å². The van der Waals surface area contributed by atoms with E-state index < -0.39 is 0 Å². The molecule has 20 heavy (non-hydrogen) atoms. The number of amides is 1. The van der Waals surface area contributed by atoms with Crippen LogP contribution in [0.5, 0.6) is 0 Å². The van der Waals surface area contributed by atoms with E-state index >= 15 is 0 Å². The highest BCUT2D eigenvalue weighted by molar-refractivity contribution is 5.90. The largest absolute Gasteiger partial charge is 0.342 e. The number of rotatable bonds is 3. The van der Waals surface area contributed by atoms with Crippen LogP contribution >= 0.6 is 0 Å². The van der Waals surface area contributed by atoms with Gasteiger partial charge < -0.3 is 5.32 Å². The average Bonchev–Trinajstić information content (AvgIpc) is 2.97. The van der Waals surface area contributed by atoms with Crippen LogP contribution in [-0.4, -0.2) is 21.1 Å². The fraction of sp³-hybridized carbons (Fsp3) is 0.400. The van der Waals surface area contributed by atoms with Crippen molar-refractivity contribution >= 4 is 5.91 Å². The van der Waals surface area contributed by atoms with Crippen LogP contribution in [0.15, 0.2) is 24.3 Å². The minimum Gasteiger partial charge on any atom is -0.342 e. The van der Waals surface area contributed by atoms with Gasteiger partial charge in [0, 0.05) is 6.42 Å². The Labute approximate surface area is 117 Å². The first kappa shape index (κ1) is 12.8. The lowest BCUT2D eigenvalue weighted by Gasteiger charge is -2.25. The minimum absolute atomic E-state index is 0.0658. The molecule has 5 heteroatoms. The number of fused-ring (bicyclic) bond motifs is 1. The Morgan fingerprint density at radius 3 is 3.10 bits per heavy atom. The molecule has 0 spiro atoms. The van der Waals surface area contributed by atoms with Crippen LogP contribution < -0.4 is 5.32 Å². The minimum atomic E-state index is -0.206. The first-order valence-corrected chi connectivity index (χ1v) is 7.08. The van der Waals surface area contributed by atoms with Gasteiger partial charge in [0.15, 0.2) is 0 Å². The second-order valence-corrected chi connectivity index (χ2v) is 5.08. The Kier molecular flexibility index (Phi) is 3.50. The zero-order chi connectivity index (χ0) is 13.9. The number of H-pyrrole nitrogens is 1. The van der Waals surface area contributed by atoms with Gasteiger partial charge in [-0.05, 0) is 30.4 Å². The van der Waals surface area contributed by atoms with Gasteiger partial charge in [-0.2, -0.15) is 0 Å². The lowest BCUT2D eigenvalue weighted by molar-refractivity contribution is 0.0922. The summed E-state index contributed by atoms with van der Waals surface area (Å²) in [6.07, 6.45) is 3.89. The van der Waals surface area contributed by atoms with E-state index in [4.69, 9.17) is 0 Å². The van der Waals surface area contributed by atoms with Crippen molar-refractivity contribution in [3.63, 3.8) is 0 Å². The predicted molar refractivity (Wildman–Crippen MR) is 75.3 cm³/mol. The number of hydrogen-bond acceptors (Lipinski definition) is 3. The van der Waals surface area contributed by atoms with E-state index in [9.17, 15) is 4.79 Å². The molecule has 1 aliphatic carbocycles. The quantitative estimate of drug-likeness (QED) is 0.898. The molecule has 1 heterocycles. The SMILES string of the molecule is CCc1nc(C(=O)NC2CCCc3ccccc32)n[nH]1. The lowest BCUT2D eigenvalue weighted by atomic mass is 9.88. The zero-order valence-corrected chi connectivity index (χ0v) is 11.5. The van der Waals surface area contributed by atoms with Gasteiger partial charge in [0.05, 0.1) is 6.04 Å². The molecule has 0 bridgehead atoms. The molecular formula is C15H18N4O. The standard InChI is InChI=1S/C15H18N4O/c1-2-13-17-14(19-18-13)15(20)16-12-9-5-7-10-6-3-4-8-11(10)12/h3-4,6,8,12H,2,5,7,9H2,1H3,(H,16,20)(H,17,18,19). The number of carbonyl (C=O) groups excluding carboxylic acids is 1. The fourth-order valence-electron chi connectivity index (χ4n) is 2.68. The fourth-order valence-corrected chi connectivity index (χ4v) is 2.68. The number of aromatic amines is 1. The van der Waals surface area contributed by atoms with Crippen molar-refractivity contribution in [2.75, 3.05) is 0 Å². The Morgan fingerprint density at radius 1 is 1.45 bits per heavy atom. The molecule has 1 aliphatic rings. The van der Waals surface area contributed by atoms with Crippen molar-refractivity contribution in [1.29, 1.82) is 0 Å². The molecule has 1 aromatic heterocycles. The summed E-state index contributed by atoms with van der Waals surface area (Å²) >= 11 is 0. The van der Waals surface area contributed by atoms with Crippen molar-refractivity contribution in [1.82, 2.24) is 20.5 Å². The highest BCUT2D eigenvalue weighted by Crippen LogP contribution is 2.29. The van der Waals surface area contributed by atoms with Crippen LogP contribution in [-0.2, 0) is 12.8 Å². The topological polar surface area (TPSA) is 70.7 Å². The molecule has 1 amide bonds. The van der Waals surface area contributed by atoms with Gasteiger partial charge in [-0.3, -0.25) is 9.89 Å². The van der Waals surface area contributed by atoms with Crippen LogP contribution in [0.4, 0.5) is 0 Å². The van der Waals surface area contributed by atoms with E-state index in [1.54, 1.807) is 0 Å². The van der Waals surface area contributed by atoms with Crippen LogP contribution in [0.25, 0.3) is 0 Å². The van der Waals surface area contributed by atoms with Gasteiger partial charge in [0.1, 0.15) is 5.82 Å². The summed E-state index contributed by atoms with van der Waals surface area (Å²) in [5.41, 5.74) is 2.55. The van der Waals surface area contributed by atoms with Crippen molar-refractivity contribution in [3.8, 4) is 0 Å². The number of hydrogen-bond donors (Lipinski definition) is 2. The van der Waals surface area contributed by atoms with E-state index in [1.165, 1.54) is 11.1 Å². The monoisotopic (exact) mass is 270 g/mol. The second-order valence-electron chi connectivity index (χ2n) is 5.08. The molecule has 1 unspecified atom stereocenters. The van der Waals surface area contributed by atoms with Crippen LogP contribution in [0.1, 0.15) is 53.4 Å². The van der Waals surface area contributed by atoms with Gasteiger partial charge >= 0.3 is 0 Å². The van der Waals surface area contributed by atoms with Crippen molar-refractivity contribution < 1.29 is 4.79 Å². The number of carbonyl (C=O) groups is 1. The smallest absolute Gasteiger partial charge is 0.291 e. The van der Waals surface area contributed by atoms with Crippen molar-refractivity contribution in [2.45, 2.75) is 38.6 Å². The molecule has 1 atom stereocenters. The maximum Gasteiger partial charge on any atom is 0.291 e. The summed E-state index contributed by atoms with van der Waals surface area (Å²) in [6.45, 7) is 1.97. The number of benzene rings is 1.